The van der Waals surface area contributed by atoms with Crippen molar-refractivity contribution in [3.05, 3.63) is 146 Å². The molecule has 0 aliphatic carbocycles. The molecule has 0 aromatic carbocycles. The van der Waals surface area contributed by atoms with E-state index in [-0.39, 0.29) is 25.2 Å². The first-order valence-electron chi connectivity index (χ1n) is 35.4. The monoisotopic (exact) mass is 1160 g/mol. The lowest BCUT2D eigenvalue weighted by atomic mass is 10.0. The van der Waals surface area contributed by atoms with E-state index in [1.807, 2.05) is 0 Å². The van der Waals surface area contributed by atoms with Crippen LogP contribution in [-0.4, -0.2) is 36.4 Å². The highest BCUT2D eigenvalue weighted by atomic mass is 16.6. The molecule has 0 saturated carbocycles. The van der Waals surface area contributed by atoms with Crippen molar-refractivity contribution in [2.24, 2.45) is 0 Å². The van der Waals surface area contributed by atoms with Gasteiger partial charge in [0, 0.05) is 12.8 Å². The minimum absolute atomic E-state index is 0.0854. The fourth-order valence-electron chi connectivity index (χ4n) is 9.85. The van der Waals surface area contributed by atoms with Gasteiger partial charge in [-0.25, -0.2) is 0 Å². The molecule has 1 atom stereocenters. The SMILES string of the molecule is CC/C=C\C/C=C\C/C=C\C/C=C\C/C=C\C/C=C\C/C=C\C/C=C\C/C=C\CCCCCC(=O)OC(CO)COC(=O)CCCCCCCCCCCCCCCCCCCCCCCCCC/C=C\C/C=C\C/C=C\CCCCCCC. The molecule has 84 heavy (non-hydrogen) atoms. The third-order valence-corrected chi connectivity index (χ3v) is 15.1. The normalized spacial score (nSPS) is 13.1. The van der Waals surface area contributed by atoms with Gasteiger partial charge in [-0.05, 0) is 122 Å². The van der Waals surface area contributed by atoms with E-state index in [4.69, 9.17) is 9.47 Å². The number of esters is 2. The van der Waals surface area contributed by atoms with Crippen molar-refractivity contribution in [3.8, 4) is 0 Å². The summed E-state index contributed by atoms with van der Waals surface area (Å²) in [7, 11) is 0. The van der Waals surface area contributed by atoms with Crippen LogP contribution in [-0.2, 0) is 19.1 Å². The van der Waals surface area contributed by atoms with E-state index in [1.165, 1.54) is 180 Å². The van der Waals surface area contributed by atoms with Crippen molar-refractivity contribution in [1.29, 1.82) is 0 Å². The topological polar surface area (TPSA) is 72.8 Å². The Morgan fingerprint density at radius 3 is 0.786 bits per heavy atom. The van der Waals surface area contributed by atoms with Gasteiger partial charge in [0.25, 0.3) is 0 Å². The number of allylic oxidation sites excluding steroid dienone is 24. The molecule has 0 aliphatic rings. The number of carbonyl (C=O) groups excluding carboxylic acids is 2. The van der Waals surface area contributed by atoms with Gasteiger partial charge in [0.15, 0.2) is 6.10 Å². The zero-order chi connectivity index (χ0) is 60.5. The summed E-state index contributed by atoms with van der Waals surface area (Å²) in [6.45, 7) is 4.00. The van der Waals surface area contributed by atoms with Crippen LogP contribution in [0.25, 0.3) is 0 Å². The van der Waals surface area contributed by atoms with Crippen molar-refractivity contribution in [3.63, 3.8) is 0 Å². The van der Waals surface area contributed by atoms with Gasteiger partial charge >= 0.3 is 11.9 Å². The molecule has 0 spiro atoms. The third-order valence-electron chi connectivity index (χ3n) is 15.1. The lowest BCUT2D eigenvalue weighted by Crippen LogP contribution is -2.28. The van der Waals surface area contributed by atoms with Gasteiger partial charge < -0.3 is 14.6 Å². The third kappa shape index (κ3) is 70.3. The molecular formula is C79H132O5. The molecule has 0 heterocycles. The van der Waals surface area contributed by atoms with Gasteiger partial charge in [0.05, 0.1) is 6.61 Å². The van der Waals surface area contributed by atoms with Crippen molar-refractivity contribution in [2.45, 2.75) is 328 Å². The Morgan fingerprint density at radius 1 is 0.286 bits per heavy atom. The van der Waals surface area contributed by atoms with E-state index in [0.717, 1.165) is 116 Å². The maximum Gasteiger partial charge on any atom is 0.306 e. The predicted octanol–water partition coefficient (Wildman–Crippen LogP) is 24.9. The van der Waals surface area contributed by atoms with Crippen LogP contribution in [0.4, 0.5) is 0 Å². The van der Waals surface area contributed by atoms with Crippen molar-refractivity contribution < 1.29 is 24.2 Å². The Hall–Kier alpha value is -4.22. The average molecular weight is 1160 g/mol. The zero-order valence-electron chi connectivity index (χ0n) is 54.9. The summed E-state index contributed by atoms with van der Waals surface area (Å²) < 4.78 is 10.7. The Kier molecular flexibility index (Phi) is 69.4. The van der Waals surface area contributed by atoms with E-state index in [0.29, 0.717) is 12.8 Å². The molecule has 0 aromatic heterocycles. The zero-order valence-corrected chi connectivity index (χ0v) is 54.9. The molecule has 478 valence electrons. The molecule has 0 aliphatic heterocycles. The summed E-state index contributed by atoms with van der Waals surface area (Å²) in [6.07, 6.45) is 110. The second-order valence-corrected chi connectivity index (χ2v) is 23.2. The van der Waals surface area contributed by atoms with Gasteiger partial charge in [0.2, 0.25) is 0 Å². The molecule has 0 aromatic rings. The van der Waals surface area contributed by atoms with Crippen LogP contribution in [0.15, 0.2) is 146 Å². The Morgan fingerprint density at radius 2 is 0.512 bits per heavy atom. The number of hydrogen-bond acceptors (Lipinski definition) is 5. The number of ether oxygens (including phenoxy) is 2. The fraction of sp³-hybridized carbons (Fsp3) is 0.671. The van der Waals surface area contributed by atoms with E-state index in [9.17, 15) is 14.7 Å². The summed E-state index contributed by atoms with van der Waals surface area (Å²) in [5, 5.41) is 9.69. The number of aliphatic hydroxyl groups is 1. The van der Waals surface area contributed by atoms with Crippen molar-refractivity contribution in [1.82, 2.24) is 0 Å². The molecule has 0 rings (SSSR count). The highest BCUT2D eigenvalue weighted by molar-refractivity contribution is 5.70. The van der Waals surface area contributed by atoms with Gasteiger partial charge in [-0.2, -0.15) is 0 Å². The smallest absolute Gasteiger partial charge is 0.306 e. The number of hydrogen-bond donors (Lipinski definition) is 1. The van der Waals surface area contributed by atoms with Crippen molar-refractivity contribution >= 4 is 11.9 Å². The molecule has 0 radical (unpaired) electrons. The lowest BCUT2D eigenvalue weighted by Gasteiger charge is -2.15. The second-order valence-electron chi connectivity index (χ2n) is 23.2. The molecule has 5 heteroatoms. The molecule has 0 fully saturated rings. The number of rotatable bonds is 64. The minimum Gasteiger partial charge on any atom is -0.462 e. The Balaban J connectivity index is 3.52. The van der Waals surface area contributed by atoms with Crippen LogP contribution in [0.3, 0.4) is 0 Å². The lowest BCUT2D eigenvalue weighted by molar-refractivity contribution is -0.161. The van der Waals surface area contributed by atoms with Crippen LogP contribution >= 0.6 is 0 Å². The van der Waals surface area contributed by atoms with Crippen molar-refractivity contribution in [2.75, 3.05) is 13.2 Å². The van der Waals surface area contributed by atoms with Gasteiger partial charge in [-0.1, -0.05) is 333 Å². The number of unbranched alkanes of at least 4 members (excludes halogenated alkanes) is 32. The molecular weight excluding hydrogens is 1030 g/mol. The predicted molar refractivity (Wildman–Crippen MR) is 371 cm³/mol. The first-order valence-corrected chi connectivity index (χ1v) is 35.4. The molecule has 1 N–H and O–H groups in total. The summed E-state index contributed by atoms with van der Waals surface area (Å²) in [5.41, 5.74) is 0. The van der Waals surface area contributed by atoms with Gasteiger partial charge in [0.1, 0.15) is 6.61 Å². The number of carbonyl (C=O) groups is 2. The highest BCUT2D eigenvalue weighted by Gasteiger charge is 2.16. The second kappa shape index (κ2) is 73.0. The molecule has 0 bridgehead atoms. The largest absolute Gasteiger partial charge is 0.462 e. The molecule has 1 unspecified atom stereocenters. The Bertz CT molecular complexity index is 1750. The highest BCUT2D eigenvalue weighted by Crippen LogP contribution is 2.17. The summed E-state index contributed by atoms with van der Waals surface area (Å²) >= 11 is 0. The van der Waals surface area contributed by atoms with Crippen LogP contribution in [0, 0.1) is 0 Å². The maximum atomic E-state index is 12.3. The Labute approximate surface area is 520 Å². The van der Waals surface area contributed by atoms with Crippen LogP contribution in [0.2, 0.25) is 0 Å². The summed E-state index contributed by atoms with van der Waals surface area (Å²) in [5.74, 6) is -0.627. The maximum absolute atomic E-state index is 12.3. The molecule has 0 amide bonds. The fourth-order valence-corrected chi connectivity index (χ4v) is 9.85. The van der Waals surface area contributed by atoms with Gasteiger partial charge in [-0.15, -0.1) is 0 Å². The minimum atomic E-state index is -0.801. The molecule has 5 nitrogen and oxygen atoms in total. The van der Waals surface area contributed by atoms with Crippen LogP contribution in [0.5, 0.6) is 0 Å². The standard InChI is InChI=1S/C79H132O5/c1-3-5-7-9-11-13-15-17-19-21-23-25-27-29-31-33-35-36-37-38-39-40-41-42-44-45-47-49-51-53-55-57-59-61-63-65-67-69-71-73-78(81)83-76-77(75-80)84-79(82)74-72-70-68-66-64-62-60-58-56-54-52-50-48-46-43-34-32-30-28-26-24-22-20-18-16-14-12-10-8-6-4-2/h6,8,12,14-15,17-18,20-21,23-24,26-27,29-30,32,43,46,50,52,56,58,62,64,77,80H,3-5,7,9-11,13,16,19,22,25,28,31,33-42,44-45,47-49,51,53-55,57,59-61,63,65-76H2,1-2H3/b8-6-,14-12-,17-15-,20-18-,23-21-,26-24-,29-27-,32-30-,46-43-,52-50-,58-56-,64-62-. The quantitative estimate of drug-likeness (QED) is 0.0373. The van der Waals surface area contributed by atoms with Crippen LogP contribution in [0.1, 0.15) is 322 Å². The van der Waals surface area contributed by atoms with E-state index in [1.54, 1.807) is 0 Å². The van der Waals surface area contributed by atoms with E-state index in [2.05, 4.69) is 160 Å². The summed E-state index contributed by atoms with van der Waals surface area (Å²) in [4.78, 5) is 24.6. The first kappa shape index (κ1) is 79.8. The molecule has 0 saturated heterocycles. The number of aliphatic hydroxyl groups excluding tert-OH is 1. The van der Waals surface area contributed by atoms with E-state index >= 15 is 0 Å². The average Bonchev–Trinajstić information content (AvgIpc) is 3.51. The summed E-state index contributed by atoms with van der Waals surface area (Å²) in [6, 6.07) is 0. The van der Waals surface area contributed by atoms with Gasteiger partial charge in [-0.3, -0.25) is 9.59 Å². The van der Waals surface area contributed by atoms with E-state index < -0.39 is 6.10 Å². The van der Waals surface area contributed by atoms with Crippen LogP contribution < -0.4 is 0 Å². The first-order chi connectivity index (χ1) is 41.6.